The Hall–Kier alpha value is -1.72. The van der Waals surface area contributed by atoms with E-state index in [1.165, 1.54) is 29.5 Å². The summed E-state index contributed by atoms with van der Waals surface area (Å²) in [5.74, 6) is 0. The van der Waals surface area contributed by atoms with E-state index in [1.54, 1.807) is 6.07 Å². The predicted octanol–water partition coefficient (Wildman–Crippen LogP) is 5.23. The van der Waals surface area contributed by atoms with Gasteiger partial charge in [-0.2, -0.15) is 13.2 Å². The first-order valence-electron chi connectivity index (χ1n) is 7.39. The first kappa shape index (κ1) is 16.1. The molecule has 2 aromatic carbocycles. The van der Waals surface area contributed by atoms with Crippen molar-refractivity contribution in [3.63, 3.8) is 0 Å². The molecule has 3 rings (SSSR count). The molecule has 0 unspecified atom stereocenters. The highest BCUT2D eigenvalue weighted by Crippen LogP contribution is 2.41. The molecule has 0 atom stereocenters. The fraction of sp³-hybridized carbons (Fsp3) is 0.222. The summed E-state index contributed by atoms with van der Waals surface area (Å²) in [4.78, 5) is 1.10. The molecule has 1 heterocycles. The minimum atomic E-state index is -4.34. The highest BCUT2D eigenvalue weighted by atomic mass is 32.2. The Morgan fingerprint density at radius 3 is 2.30 bits per heavy atom. The number of alkyl halides is 3. The van der Waals surface area contributed by atoms with Gasteiger partial charge in [0, 0.05) is 16.3 Å². The third kappa shape index (κ3) is 3.79. The van der Waals surface area contributed by atoms with Crippen molar-refractivity contribution in [3.05, 3.63) is 65.7 Å². The number of benzene rings is 2. The predicted molar refractivity (Wildman–Crippen MR) is 87.5 cm³/mol. The van der Waals surface area contributed by atoms with Gasteiger partial charge < -0.3 is 5.32 Å². The van der Waals surface area contributed by atoms with Gasteiger partial charge in [0.05, 0.1) is 5.56 Å². The molecule has 2 aromatic rings. The van der Waals surface area contributed by atoms with E-state index in [9.17, 15) is 13.2 Å². The maximum Gasteiger partial charge on any atom is 0.417 e. The highest BCUT2D eigenvalue weighted by Gasteiger charge is 2.33. The van der Waals surface area contributed by atoms with Crippen LogP contribution >= 0.6 is 11.8 Å². The van der Waals surface area contributed by atoms with Gasteiger partial charge in [-0.05, 0) is 42.3 Å². The van der Waals surface area contributed by atoms with Crippen LogP contribution in [0.15, 0.2) is 64.4 Å². The lowest BCUT2D eigenvalue weighted by molar-refractivity contribution is -0.139. The Morgan fingerprint density at radius 2 is 1.61 bits per heavy atom. The molecule has 120 valence electrons. The van der Waals surface area contributed by atoms with Crippen molar-refractivity contribution in [3.8, 4) is 0 Å². The number of nitrogens with one attached hydrogen (secondary N) is 1. The molecule has 0 saturated carbocycles. The summed E-state index contributed by atoms with van der Waals surface area (Å²) in [6.45, 7) is 1.69. The lowest BCUT2D eigenvalue weighted by Crippen LogP contribution is -2.20. The van der Waals surface area contributed by atoms with Crippen LogP contribution in [-0.4, -0.2) is 13.1 Å². The number of hydrogen-bond acceptors (Lipinski definition) is 2. The van der Waals surface area contributed by atoms with Crippen molar-refractivity contribution < 1.29 is 13.2 Å². The molecule has 0 spiro atoms. The molecule has 0 amide bonds. The van der Waals surface area contributed by atoms with Gasteiger partial charge in [-0.15, -0.1) is 0 Å². The number of halogens is 3. The van der Waals surface area contributed by atoms with E-state index in [2.05, 4.69) is 11.4 Å². The van der Waals surface area contributed by atoms with Gasteiger partial charge in [0.1, 0.15) is 0 Å². The summed E-state index contributed by atoms with van der Waals surface area (Å²) in [6, 6.07) is 13.4. The quantitative estimate of drug-likeness (QED) is 0.824. The topological polar surface area (TPSA) is 12.0 Å². The maximum absolute atomic E-state index is 13.2. The zero-order valence-corrected chi connectivity index (χ0v) is 13.2. The van der Waals surface area contributed by atoms with Crippen LogP contribution in [0.2, 0.25) is 0 Å². The van der Waals surface area contributed by atoms with Crippen LogP contribution in [0.1, 0.15) is 17.5 Å². The van der Waals surface area contributed by atoms with Gasteiger partial charge in [-0.3, -0.25) is 0 Å². The van der Waals surface area contributed by atoms with Crippen LogP contribution < -0.4 is 5.32 Å². The zero-order chi connectivity index (χ0) is 16.3. The molecule has 0 saturated heterocycles. The SMILES string of the molecule is FC(F)(F)c1ccccc1Sc1ccccc1C1=CCNCC1. The van der Waals surface area contributed by atoms with Crippen LogP contribution in [0.5, 0.6) is 0 Å². The van der Waals surface area contributed by atoms with E-state index >= 15 is 0 Å². The first-order chi connectivity index (χ1) is 11.1. The Balaban J connectivity index is 1.97. The second kappa shape index (κ2) is 6.81. The average molecular weight is 335 g/mol. The largest absolute Gasteiger partial charge is 0.417 e. The molecule has 1 aliphatic rings. The number of hydrogen-bond donors (Lipinski definition) is 1. The minimum absolute atomic E-state index is 0.238. The van der Waals surface area contributed by atoms with Crippen LogP contribution in [0.25, 0.3) is 5.57 Å². The summed E-state index contributed by atoms with van der Waals surface area (Å²) in [7, 11) is 0. The Labute approximate surface area is 137 Å². The lowest BCUT2D eigenvalue weighted by atomic mass is 10.0. The van der Waals surface area contributed by atoms with Gasteiger partial charge in [-0.1, -0.05) is 48.2 Å². The van der Waals surface area contributed by atoms with Crippen molar-refractivity contribution in [2.24, 2.45) is 0 Å². The molecule has 1 N–H and O–H groups in total. The molecule has 0 aliphatic carbocycles. The lowest BCUT2D eigenvalue weighted by Gasteiger charge is -2.18. The molecule has 0 radical (unpaired) electrons. The van der Waals surface area contributed by atoms with Crippen LogP contribution in [-0.2, 0) is 6.18 Å². The van der Waals surface area contributed by atoms with E-state index in [0.29, 0.717) is 0 Å². The summed E-state index contributed by atoms with van der Waals surface area (Å²) in [5, 5.41) is 3.25. The van der Waals surface area contributed by atoms with Crippen LogP contribution in [0, 0.1) is 0 Å². The van der Waals surface area contributed by atoms with Gasteiger partial charge in [-0.25, -0.2) is 0 Å². The van der Waals surface area contributed by atoms with Crippen molar-refractivity contribution in [2.75, 3.05) is 13.1 Å². The molecule has 23 heavy (non-hydrogen) atoms. The molecule has 0 fully saturated rings. The summed E-state index contributed by atoms with van der Waals surface area (Å²) < 4.78 is 39.5. The van der Waals surface area contributed by atoms with E-state index in [0.717, 1.165) is 36.0 Å². The second-order valence-electron chi connectivity index (χ2n) is 5.28. The Kier molecular flexibility index (Phi) is 4.78. The third-order valence-electron chi connectivity index (χ3n) is 3.71. The fourth-order valence-corrected chi connectivity index (χ4v) is 3.73. The third-order valence-corrected chi connectivity index (χ3v) is 4.86. The van der Waals surface area contributed by atoms with E-state index < -0.39 is 11.7 Å². The zero-order valence-electron chi connectivity index (χ0n) is 12.4. The smallest absolute Gasteiger partial charge is 0.313 e. The second-order valence-corrected chi connectivity index (χ2v) is 6.36. The fourth-order valence-electron chi connectivity index (χ4n) is 2.60. The van der Waals surface area contributed by atoms with E-state index in [1.807, 2.05) is 24.3 Å². The summed E-state index contributed by atoms with van der Waals surface area (Å²) in [5.41, 5.74) is 1.63. The standard InChI is InChI=1S/C18H16F3NS/c19-18(20,21)15-6-2-4-8-17(15)23-16-7-3-1-5-14(16)13-9-11-22-12-10-13/h1-9,22H,10-12H2. The molecule has 0 bridgehead atoms. The molecule has 5 heteroatoms. The van der Waals surface area contributed by atoms with E-state index in [4.69, 9.17) is 0 Å². The van der Waals surface area contributed by atoms with Gasteiger partial charge >= 0.3 is 6.18 Å². The monoisotopic (exact) mass is 335 g/mol. The minimum Gasteiger partial charge on any atom is -0.313 e. The Morgan fingerprint density at radius 1 is 0.913 bits per heavy atom. The molecule has 1 aliphatic heterocycles. The van der Waals surface area contributed by atoms with Crippen molar-refractivity contribution >= 4 is 17.3 Å². The van der Waals surface area contributed by atoms with Gasteiger partial charge in [0.15, 0.2) is 0 Å². The molecular formula is C18H16F3NS. The normalized spacial score (nSPS) is 15.3. The average Bonchev–Trinajstić information content (AvgIpc) is 2.56. The van der Waals surface area contributed by atoms with Crippen LogP contribution in [0.3, 0.4) is 0 Å². The molecule has 0 aromatic heterocycles. The van der Waals surface area contributed by atoms with Gasteiger partial charge in [0.2, 0.25) is 0 Å². The summed E-state index contributed by atoms with van der Waals surface area (Å²) >= 11 is 1.18. The van der Waals surface area contributed by atoms with Gasteiger partial charge in [0.25, 0.3) is 0 Å². The molecular weight excluding hydrogens is 319 g/mol. The molecule has 1 nitrogen and oxygen atoms in total. The Bertz CT molecular complexity index is 722. The maximum atomic E-state index is 13.2. The highest BCUT2D eigenvalue weighted by molar-refractivity contribution is 7.99. The number of rotatable bonds is 3. The van der Waals surface area contributed by atoms with Crippen molar-refractivity contribution in [1.82, 2.24) is 5.32 Å². The van der Waals surface area contributed by atoms with Crippen LogP contribution in [0.4, 0.5) is 13.2 Å². The van der Waals surface area contributed by atoms with Crippen molar-refractivity contribution in [2.45, 2.75) is 22.4 Å². The summed E-state index contributed by atoms with van der Waals surface area (Å²) in [6.07, 6.45) is -1.34. The van der Waals surface area contributed by atoms with Crippen molar-refractivity contribution in [1.29, 1.82) is 0 Å². The van der Waals surface area contributed by atoms with E-state index in [-0.39, 0.29) is 4.90 Å². The first-order valence-corrected chi connectivity index (χ1v) is 8.20.